The number of sulfonamides is 1. The van der Waals surface area contributed by atoms with Crippen molar-refractivity contribution in [2.75, 3.05) is 26.8 Å². The summed E-state index contributed by atoms with van der Waals surface area (Å²) >= 11 is 0. The molecule has 0 bridgehead atoms. The van der Waals surface area contributed by atoms with E-state index in [4.69, 9.17) is 9.47 Å². The summed E-state index contributed by atoms with van der Waals surface area (Å²) in [4.78, 5) is 2.51. The van der Waals surface area contributed by atoms with E-state index in [1.807, 2.05) is 18.2 Å². The summed E-state index contributed by atoms with van der Waals surface area (Å²) in [5, 5.41) is 0. The minimum absolute atomic E-state index is 0.0343. The van der Waals surface area contributed by atoms with Crippen molar-refractivity contribution in [1.82, 2.24) is 9.62 Å². The Hall–Kier alpha value is -1.93. The third-order valence-corrected chi connectivity index (χ3v) is 6.83. The van der Waals surface area contributed by atoms with Crippen LogP contribution < -0.4 is 9.46 Å². The van der Waals surface area contributed by atoms with E-state index in [-0.39, 0.29) is 23.1 Å². The number of methoxy groups -OCH3 is 1. The molecule has 2 aliphatic rings. The van der Waals surface area contributed by atoms with E-state index < -0.39 is 10.0 Å². The highest BCUT2D eigenvalue weighted by Gasteiger charge is 2.39. The topological polar surface area (TPSA) is 67.9 Å². The molecule has 2 saturated heterocycles. The molecule has 1 N–H and O–H groups in total. The smallest absolute Gasteiger partial charge is 0.244 e. The van der Waals surface area contributed by atoms with Gasteiger partial charge >= 0.3 is 0 Å². The van der Waals surface area contributed by atoms with Crippen molar-refractivity contribution in [1.29, 1.82) is 0 Å². The van der Waals surface area contributed by atoms with Crippen LogP contribution in [0.1, 0.15) is 18.1 Å². The normalized spacial score (nSPS) is 25.9. The number of hydrogen-bond donors (Lipinski definition) is 1. The standard InChI is InChI=1S/C20H24N2O4S/c1-25-18-9-5-6-10-20(18)27(23,24)21-16-11-17-14-26-19(13-22(17)12-16)15-7-3-2-4-8-15/h2-10,16-17,19,21H,11-14H2,1H3/t16-,17+,19-/m1/s1. The van der Waals surface area contributed by atoms with Gasteiger partial charge in [-0.15, -0.1) is 0 Å². The van der Waals surface area contributed by atoms with E-state index in [9.17, 15) is 8.42 Å². The van der Waals surface area contributed by atoms with Crippen LogP contribution in [0.5, 0.6) is 5.75 Å². The number of rotatable bonds is 5. The summed E-state index contributed by atoms with van der Waals surface area (Å²) in [7, 11) is -2.16. The number of para-hydroxylation sites is 1. The molecule has 2 heterocycles. The van der Waals surface area contributed by atoms with E-state index >= 15 is 0 Å². The van der Waals surface area contributed by atoms with Gasteiger partial charge in [-0.1, -0.05) is 42.5 Å². The van der Waals surface area contributed by atoms with Gasteiger partial charge in [-0.3, -0.25) is 4.90 Å². The van der Waals surface area contributed by atoms with Gasteiger partial charge in [0, 0.05) is 25.2 Å². The fourth-order valence-electron chi connectivity index (χ4n) is 3.95. The van der Waals surface area contributed by atoms with Crippen LogP contribution in [0.15, 0.2) is 59.5 Å². The number of benzene rings is 2. The zero-order chi connectivity index (χ0) is 18.9. The second kappa shape index (κ2) is 7.59. The molecule has 4 rings (SSSR count). The molecule has 2 aromatic rings. The van der Waals surface area contributed by atoms with Crippen LogP contribution in [0, 0.1) is 0 Å². The Morgan fingerprint density at radius 2 is 1.81 bits per heavy atom. The zero-order valence-corrected chi connectivity index (χ0v) is 16.1. The maximum absolute atomic E-state index is 12.8. The van der Waals surface area contributed by atoms with Gasteiger partial charge in [-0.05, 0) is 24.1 Å². The first-order valence-corrected chi connectivity index (χ1v) is 10.6. The summed E-state index contributed by atoms with van der Waals surface area (Å²) < 4.78 is 39.7. The lowest BCUT2D eigenvalue weighted by Crippen LogP contribution is -2.43. The van der Waals surface area contributed by atoms with Gasteiger partial charge in [0.05, 0.1) is 19.8 Å². The third-order valence-electron chi connectivity index (χ3n) is 5.27. The first kappa shape index (κ1) is 18.4. The summed E-state index contributed by atoms with van der Waals surface area (Å²) in [6.45, 7) is 2.08. The van der Waals surface area contributed by atoms with Crippen LogP contribution in [0.3, 0.4) is 0 Å². The average Bonchev–Trinajstić information content (AvgIpc) is 3.09. The Bertz CT molecular complexity index is 888. The number of ether oxygens (including phenoxy) is 2. The number of fused-ring (bicyclic) bond motifs is 1. The van der Waals surface area contributed by atoms with E-state index in [2.05, 4.69) is 21.8 Å². The molecule has 0 amide bonds. The van der Waals surface area contributed by atoms with Crippen LogP contribution >= 0.6 is 0 Å². The Kier molecular flexibility index (Phi) is 5.19. The molecule has 2 aromatic carbocycles. The van der Waals surface area contributed by atoms with E-state index in [1.165, 1.54) is 7.11 Å². The molecule has 6 nitrogen and oxygen atoms in total. The lowest BCUT2D eigenvalue weighted by molar-refractivity contribution is -0.0502. The summed E-state index contributed by atoms with van der Waals surface area (Å²) in [5.74, 6) is 0.355. The SMILES string of the molecule is COc1ccccc1S(=O)(=O)N[C@@H]1C[C@H]2CO[C@@H](c3ccccc3)CN2C1. The molecular formula is C20H24N2O4S. The molecule has 2 aliphatic heterocycles. The molecule has 3 atom stereocenters. The number of hydrogen-bond acceptors (Lipinski definition) is 5. The zero-order valence-electron chi connectivity index (χ0n) is 15.2. The highest BCUT2D eigenvalue weighted by Crippen LogP contribution is 2.31. The number of nitrogens with zero attached hydrogens (tertiary/aromatic N) is 1. The Morgan fingerprint density at radius 3 is 2.59 bits per heavy atom. The molecule has 0 aromatic heterocycles. The van der Waals surface area contributed by atoms with Crippen molar-refractivity contribution in [3.05, 3.63) is 60.2 Å². The maximum atomic E-state index is 12.8. The van der Waals surface area contributed by atoms with Gasteiger partial charge in [-0.25, -0.2) is 13.1 Å². The molecule has 27 heavy (non-hydrogen) atoms. The molecular weight excluding hydrogens is 364 g/mol. The highest BCUT2D eigenvalue weighted by molar-refractivity contribution is 7.89. The molecule has 0 saturated carbocycles. The predicted molar refractivity (Wildman–Crippen MR) is 102 cm³/mol. The van der Waals surface area contributed by atoms with E-state index in [0.717, 1.165) is 18.5 Å². The quantitative estimate of drug-likeness (QED) is 0.850. The summed E-state index contributed by atoms with van der Waals surface area (Å²) in [5.41, 5.74) is 1.16. The molecule has 7 heteroatoms. The molecule has 2 fully saturated rings. The predicted octanol–water partition coefficient (Wildman–Crippen LogP) is 2.19. The van der Waals surface area contributed by atoms with Crippen LogP contribution in [-0.4, -0.2) is 52.2 Å². The van der Waals surface area contributed by atoms with Crippen LogP contribution in [0.25, 0.3) is 0 Å². The van der Waals surface area contributed by atoms with Crippen molar-refractivity contribution in [2.45, 2.75) is 29.5 Å². The first-order chi connectivity index (χ1) is 13.1. The molecule has 0 aliphatic carbocycles. The summed E-state index contributed by atoms with van der Waals surface area (Å²) in [6, 6.07) is 17.0. The Labute approximate surface area is 160 Å². The van der Waals surface area contributed by atoms with Gasteiger partial charge in [0.2, 0.25) is 10.0 Å². The van der Waals surface area contributed by atoms with Crippen molar-refractivity contribution in [2.24, 2.45) is 0 Å². The van der Waals surface area contributed by atoms with Gasteiger partial charge < -0.3 is 9.47 Å². The Morgan fingerprint density at radius 1 is 1.07 bits per heavy atom. The highest BCUT2D eigenvalue weighted by atomic mass is 32.2. The van der Waals surface area contributed by atoms with Crippen molar-refractivity contribution >= 4 is 10.0 Å². The summed E-state index contributed by atoms with van der Waals surface area (Å²) in [6.07, 6.45) is 0.780. The number of morpholine rings is 1. The van der Waals surface area contributed by atoms with E-state index in [1.54, 1.807) is 24.3 Å². The fourth-order valence-corrected chi connectivity index (χ4v) is 5.36. The van der Waals surface area contributed by atoms with E-state index in [0.29, 0.717) is 18.9 Å². The van der Waals surface area contributed by atoms with Crippen LogP contribution in [0.2, 0.25) is 0 Å². The molecule has 144 valence electrons. The lowest BCUT2D eigenvalue weighted by atomic mass is 10.1. The molecule has 0 unspecified atom stereocenters. The first-order valence-electron chi connectivity index (χ1n) is 9.13. The molecule has 0 spiro atoms. The largest absolute Gasteiger partial charge is 0.495 e. The fraction of sp³-hybridized carbons (Fsp3) is 0.400. The lowest BCUT2D eigenvalue weighted by Gasteiger charge is -2.35. The maximum Gasteiger partial charge on any atom is 0.244 e. The second-order valence-corrected chi connectivity index (χ2v) is 8.73. The third kappa shape index (κ3) is 3.87. The van der Waals surface area contributed by atoms with Crippen molar-refractivity contribution in [3.8, 4) is 5.75 Å². The van der Waals surface area contributed by atoms with Gasteiger partial charge in [0.15, 0.2) is 0 Å². The van der Waals surface area contributed by atoms with Gasteiger partial charge in [0.25, 0.3) is 0 Å². The minimum Gasteiger partial charge on any atom is -0.495 e. The minimum atomic E-state index is -3.64. The second-order valence-electron chi connectivity index (χ2n) is 7.05. The van der Waals surface area contributed by atoms with Gasteiger partial charge in [0.1, 0.15) is 10.6 Å². The average molecular weight is 388 g/mol. The van der Waals surface area contributed by atoms with Crippen molar-refractivity contribution < 1.29 is 17.9 Å². The Balaban J connectivity index is 1.44. The monoisotopic (exact) mass is 388 g/mol. The van der Waals surface area contributed by atoms with Gasteiger partial charge in [-0.2, -0.15) is 0 Å². The molecule has 0 radical (unpaired) electrons. The van der Waals surface area contributed by atoms with Crippen molar-refractivity contribution in [3.63, 3.8) is 0 Å². The number of nitrogens with one attached hydrogen (secondary N) is 1. The van der Waals surface area contributed by atoms with Crippen LogP contribution in [0.4, 0.5) is 0 Å². The van der Waals surface area contributed by atoms with Crippen LogP contribution in [-0.2, 0) is 14.8 Å².